The van der Waals surface area contributed by atoms with Gasteiger partial charge in [0.1, 0.15) is 5.75 Å². The molecule has 0 aromatic heterocycles. The van der Waals surface area contributed by atoms with Gasteiger partial charge in [-0.15, -0.1) is 13.2 Å². The van der Waals surface area contributed by atoms with Crippen molar-refractivity contribution >= 4 is 15.9 Å². The molecule has 1 amide bonds. The zero-order valence-electron chi connectivity index (χ0n) is 14.6. The minimum absolute atomic E-state index is 0.155. The van der Waals surface area contributed by atoms with Crippen LogP contribution in [0.25, 0.3) is 0 Å². The Morgan fingerprint density at radius 2 is 1.63 bits per heavy atom. The summed E-state index contributed by atoms with van der Waals surface area (Å²) in [6.07, 6.45) is -3.95. The van der Waals surface area contributed by atoms with Gasteiger partial charge in [0.05, 0.1) is 4.90 Å². The number of carbonyl (C=O) groups excluding carboxylic acids is 1. The summed E-state index contributed by atoms with van der Waals surface area (Å²) in [7, 11) is -4.24. The van der Waals surface area contributed by atoms with Gasteiger partial charge in [-0.05, 0) is 54.3 Å². The zero-order chi connectivity index (χ0) is 20.2. The fraction of sp³-hybridized carbons (Fsp3) is 0.278. The monoisotopic (exact) mass is 401 g/mol. The van der Waals surface area contributed by atoms with Gasteiger partial charge >= 0.3 is 6.36 Å². The molecule has 5 nitrogen and oxygen atoms in total. The first-order valence-electron chi connectivity index (χ1n) is 8.05. The molecule has 2 rings (SSSR count). The topological polar surface area (TPSA) is 72.5 Å². The molecule has 0 bridgehead atoms. The van der Waals surface area contributed by atoms with Crippen molar-refractivity contribution in [2.45, 2.75) is 37.4 Å². The fourth-order valence-corrected chi connectivity index (χ4v) is 3.23. The third-order valence-electron chi connectivity index (χ3n) is 3.95. The number of ether oxygens (including phenoxy) is 1. The van der Waals surface area contributed by atoms with Crippen LogP contribution in [0.3, 0.4) is 0 Å². The Kier molecular flexibility index (Phi) is 6.15. The number of rotatable bonds is 6. The number of halogens is 3. The van der Waals surface area contributed by atoms with E-state index in [0.29, 0.717) is 5.92 Å². The third-order valence-corrected chi connectivity index (χ3v) is 5.30. The summed E-state index contributed by atoms with van der Waals surface area (Å²) in [5.74, 6) is -1.09. The van der Waals surface area contributed by atoms with E-state index in [-0.39, 0.29) is 10.5 Å². The largest absolute Gasteiger partial charge is 0.573 e. The number of hydrogen-bond acceptors (Lipinski definition) is 4. The Balaban J connectivity index is 2.12. The second-order valence-electron chi connectivity index (χ2n) is 5.89. The smallest absolute Gasteiger partial charge is 0.406 e. The lowest BCUT2D eigenvalue weighted by molar-refractivity contribution is -0.274. The first-order valence-corrected chi connectivity index (χ1v) is 9.53. The molecule has 0 fully saturated rings. The Morgan fingerprint density at radius 3 is 2.11 bits per heavy atom. The van der Waals surface area contributed by atoms with Gasteiger partial charge in [0, 0.05) is 5.56 Å². The van der Waals surface area contributed by atoms with Gasteiger partial charge in [-0.1, -0.05) is 26.0 Å². The zero-order valence-corrected chi connectivity index (χ0v) is 15.4. The average Bonchev–Trinajstić information content (AvgIpc) is 2.60. The molecular formula is C18H18F3NO4S. The van der Waals surface area contributed by atoms with Crippen LogP contribution in [0.4, 0.5) is 13.2 Å². The van der Waals surface area contributed by atoms with Crippen molar-refractivity contribution in [3.63, 3.8) is 0 Å². The number of alkyl halides is 3. The summed E-state index contributed by atoms with van der Waals surface area (Å²) in [6, 6.07) is 10.1. The second-order valence-corrected chi connectivity index (χ2v) is 7.57. The van der Waals surface area contributed by atoms with Gasteiger partial charge in [-0.3, -0.25) is 4.79 Å². The Bertz CT molecular complexity index is 892. The highest BCUT2D eigenvalue weighted by atomic mass is 32.2. The summed E-state index contributed by atoms with van der Waals surface area (Å²) < 4.78 is 66.5. The van der Waals surface area contributed by atoms with Crippen molar-refractivity contribution in [3.05, 3.63) is 59.7 Å². The van der Waals surface area contributed by atoms with Gasteiger partial charge in [-0.2, -0.15) is 0 Å². The van der Waals surface area contributed by atoms with Gasteiger partial charge < -0.3 is 4.74 Å². The lowest BCUT2D eigenvalue weighted by Crippen LogP contribution is -2.30. The number of carbonyl (C=O) groups is 1. The van der Waals surface area contributed by atoms with E-state index in [1.54, 1.807) is 12.1 Å². The summed E-state index contributed by atoms with van der Waals surface area (Å²) in [5.41, 5.74) is 1.18. The summed E-state index contributed by atoms with van der Waals surface area (Å²) in [4.78, 5) is 11.8. The maximum atomic E-state index is 12.2. The standard InChI is InChI=1S/C18H18F3NO4S/c1-3-12(2)13-4-6-14(7-5-13)17(23)22-27(24,25)16-10-8-15(9-11-16)26-18(19,20)21/h4-12H,3H2,1-2H3,(H,22,23). The SMILES string of the molecule is CCC(C)c1ccc(C(=O)NS(=O)(=O)c2ccc(OC(F)(F)F)cc2)cc1. The number of hydrogen-bond donors (Lipinski definition) is 1. The minimum Gasteiger partial charge on any atom is -0.406 e. The van der Waals surface area contributed by atoms with Crippen LogP contribution in [0.5, 0.6) is 5.75 Å². The van der Waals surface area contributed by atoms with Crippen LogP contribution in [-0.2, 0) is 10.0 Å². The molecule has 0 saturated heterocycles. The molecule has 0 heterocycles. The van der Waals surface area contributed by atoms with Crippen LogP contribution >= 0.6 is 0 Å². The fourth-order valence-electron chi connectivity index (χ4n) is 2.26. The molecule has 0 saturated carbocycles. The average molecular weight is 401 g/mol. The normalized spacial score (nSPS) is 13.1. The molecular weight excluding hydrogens is 383 g/mol. The van der Waals surface area contributed by atoms with Gasteiger partial charge in [0.15, 0.2) is 0 Å². The minimum atomic E-state index is -4.88. The predicted octanol–water partition coefficient (Wildman–Crippen LogP) is 4.22. The highest BCUT2D eigenvalue weighted by molar-refractivity contribution is 7.90. The van der Waals surface area contributed by atoms with E-state index in [1.165, 1.54) is 12.1 Å². The first kappa shape index (κ1) is 20.8. The number of amides is 1. The molecule has 2 aromatic carbocycles. The van der Waals surface area contributed by atoms with Crippen LogP contribution < -0.4 is 9.46 Å². The molecule has 1 atom stereocenters. The van der Waals surface area contributed by atoms with Crippen molar-refractivity contribution < 1.29 is 31.1 Å². The number of benzene rings is 2. The molecule has 1 N–H and O–H groups in total. The van der Waals surface area contributed by atoms with Crippen LogP contribution in [0.2, 0.25) is 0 Å². The second kappa shape index (κ2) is 7.99. The molecule has 2 aromatic rings. The van der Waals surface area contributed by atoms with Gasteiger partial charge in [-0.25, -0.2) is 13.1 Å². The van der Waals surface area contributed by atoms with Crippen LogP contribution in [-0.4, -0.2) is 20.7 Å². The molecule has 0 aliphatic carbocycles. The van der Waals surface area contributed by atoms with E-state index in [9.17, 15) is 26.4 Å². The number of sulfonamides is 1. The van der Waals surface area contributed by atoms with Gasteiger partial charge in [0.2, 0.25) is 0 Å². The van der Waals surface area contributed by atoms with Crippen molar-refractivity contribution in [2.24, 2.45) is 0 Å². The van der Waals surface area contributed by atoms with Crippen LogP contribution in [0, 0.1) is 0 Å². The van der Waals surface area contributed by atoms with Crippen molar-refractivity contribution in [1.82, 2.24) is 4.72 Å². The Labute approximate surface area is 155 Å². The predicted molar refractivity (Wildman–Crippen MR) is 92.9 cm³/mol. The van der Waals surface area contributed by atoms with Crippen LogP contribution in [0.1, 0.15) is 42.1 Å². The lowest BCUT2D eigenvalue weighted by Gasteiger charge is -2.11. The van der Waals surface area contributed by atoms with Gasteiger partial charge in [0.25, 0.3) is 15.9 Å². The lowest BCUT2D eigenvalue weighted by atomic mass is 9.98. The molecule has 0 aliphatic rings. The molecule has 146 valence electrons. The van der Waals surface area contributed by atoms with Crippen molar-refractivity contribution in [2.75, 3.05) is 0 Å². The molecule has 0 radical (unpaired) electrons. The van der Waals surface area contributed by atoms with E-state index in [0.717, 1.165) is 36.2 Å². The highest BCUT2D eigenvalue weighted by Crippen LogP contribution is 2.24. The first-order chi connectivity index (χ1) is 12.5. The quantitative estimate of drug-likeness (QED) is 0.787. The van der Waals surface area contributed by atoms with E-state index >= 15 is 0 Å². The summed E-state index contributed by atoms with van der Waals surface area (Å²) in [6.45, 7) is 4.06. The Morgan fingerprint density at radius 1 is 1.07 bits per heavy atom. The molecule has 27 heavy (non-hydrogen) atoms. The molecule has 0 spiro atoms. The van der Waals surface area contributed by atoms with E-state index in [4.69, 9.17) is 0 Å². The van der Waals surface area contributed by atoms with E-state index in [1.807, 2.05) is 18.6 Å². The Hall–Kier alpha value is -2.55. The molecule has 9 heteroatoms. The van der Waals surface area contributed by atoms with E-state index in [2.05, 4.69) is 4.74 Å². The maximum absolute atomic E-state index is 12.2. The molecule has 0 aliphatic heterocycles. The highest BCUT2D eigenvalue weighted by Gasteiger charge is 2.31. The summed E-state index contributed by atoms with van der Waals surface area (Å²) in [5, 5.41) is 0. The van der Waals surface area contributed by atoms with E-state index < -0.39 is 28.0 Å². The number of nitrogens with one attached hydrogen (secondary N) is 1. The summed E-state index contributed by atoms with van der Waals surface area (Å²) >= 11 is 0. The molecule has 1 unspecified atom stereocenters. The van der Waals surface area contributed by atoms with Crippen molar-refractivity contribution in [3.8, 4) is 5.75 Å². The van der Waals surface area contributed by atoms with Crippen LogP contribution in [0.15, 0.2) is 53.4 Å². The van der Waals surface area contributed by atoms with Crippen molar-refractivity contribution in [1.29, 1.82) is 0 Å². The maximum Gasteiger partial charge on any atom is 0.573 e. The third kappa shape index (κ3) is 5.72.